The number of rotatable bonds is 5. The minimum Gasteiger partial charge on any atom is -0.352 e. The molecule has 0 spiro atoms. The SMILES string of the molecule is Cc1cccc(-n2ncc(C(=O)NCCc3ccc(C(F)(F)F)cc3)c2C)c1. The fourth-order valence-corrected chi connectivity index (χ4v) is 2.93. The van der Waals surface area contributed by atoms with Crippen molar-refractivity contribution in [2.24, 2.45) is 0 Å². The standard InChI is InChI=1S/C21H20F3N3O/c1-14-4-3-5-18(12-14)27-15(2)19(13-26-27)20(28)25-11-10-16-6-8-17(9-7-16)21(22,23)24/h3-9,12-13H,10-11H2,1-2H3,(H,25,28). The topological polar surface area (TPSA) is 46.9 Å². The Hall–Kier alpha value is -3.09. The molecule has 1 heterocycles. The van der Waals surface area contributed by atoms with Crippen LogP contribution in [0.2, 0.25) is 0 Å². The normalized spacial score (nSPS) is 11.5. The summed E-state index contributed by atoms with van der Waals surface area (Å²) >= 11 is 0. The minimum absolute atomic E-state index is 0.261. The van der Waals surface area contributed by atoms with Crippen molar-refractivity contribution in [3.05, 3.63) is 82.7 Å². The lowest BCUT2D eigenvalue weighted by Gasteiger charge is -2.09. The Morgan fingerprint density at radius 2 is 1.82 bits per heavy atom. The Balaban J connectivity index is 1.61. The maximum atomic E-state index is 12.6. The molecule has 1 N–H and O–H groups in total. The third kappa shape index (κ3) is 4.42. The average molecular weight is 387 g/mol. The van der Waals surface area contributed by atoms with Crippen molar-refractivity contribution in [1.82, 2.24) is 15.1 Å². The molecular formula is C21H20F3N3O. The highest BCUT2D eigenvalue weighted by atomic mass is 19.4. The number of hydrogen-bond donors (Lipinski definition) is 1. The lowest BCUT2D eigenvalue weighted by molar-refractivity contribution is -0.137. The van der Waals surface area contributed by atoms with E-state index >= 15 is 0 Å². The summed E-state index contributed by atoms with van der Waals surface area (Å²) < 4.78 is 39.5. The van der Waals surface area contributed by atoms with E-state index in [4.69, 9.17) is 0 Å². The predicted molar refractivity (Wildman–Crippen MR) is 101 cm³/mol. The summed E-state index contributed by atoms with van der Waals surface area (Å²) in [5, 5.41) is 7.09. The van der Waals surface area contributed by atoms with E-state index in [0.717, 1.165) is 34.6 Å². The van der Waals surface area contributed by atoms with E-state index in [9.17, 15) is 18.0 Å². The van der Waals surface area contributed by atoms with Gasteiger partial charge in [0.05, 0.1) is 28.7 Å². The zero-order chi connectivity index (χ0) is 20.3. The van der Waals surface area contributed by atoms with Crippen LogP contribution in [0, 0.1) is 13.8 Å². The van der Waals surface area contributed by atoms with Crippen molar-refractivity contribution in [2.45, 2.75) is 26.4 Å². The molecule has 28 heavy (non-hydrogen) atoms. The number of aryl methyl sites for hydroxylation is 1. The zero-order valence-corrected chi connectivity index (χ0v) is 15.5. The second-order valence-electron chi connectivity index (χ2n) is 6.60. The molecule has 3 rings (SSSR count). The fraction of sp³-hybridized carbons (Fsp3) is 0.238. The summed E-state index contributed by atoms with van der Waals surface area (Å²) in [5.74, 6) is -0.261. The first-order chi connectivity index (χ1) is 13.3. The molecule has 0 aliphatic rings. The van der Waals surface area contributed by atoms with Crippen LogP contribution in [0.3, 0.4) is 0 Å². The minimum atomic E-state index is -4.35. The number of halogens is 3. The number of aromatic nitrogens is 2. The van der Waals surface area contributed by atoms with Crippen molar-refractivity contribution < 1.29 is 18.0 Å². The summed E-state index contributed by atoms with van der Waals surface area (Å²) in [5.41, 5.74) is 3.20. The lowest BCUT2D eigenvalue weighted by atomic mass is 10.1. The highest BCUT2D eigenvalue weighted by Gasteiger charge is 2.29. The van der Waals surface area contributed by atoms with Gasteiger partial charge in [-0.2, -0.15) is 18.3 Å². The highest BCUT2D eigenvalue weighted by molar-refractivity contribution is 5.95. The number of nitrogens with one attached hydrogen (secondary N) is 1. The molecule has 1 aromatic heterocycles. The number of nitrogens with zero attached hydrogens (tertiary/aromatic N) is 2. The van der Waals surface area contributed by atoms with Crippen LogP contribution in [0.4, 0.5) is 13.2 Å². The van der Waals surface area contributed by atoms with Gasteiger partial charge in [-0.25, -0.2) is 4.68 Å². The van der Waals surface area contributed by atoms with Gasteiger partial charge in [-0.05, 0) is 55.7 Å². The van der Waals surface area contributed by atoms with E-state index in [1.807, 2.05) is 38.1 Å². The van der Waals surface area contributed by atoms with Gasteiger partial charge < -0.3 is 5.32 Å². The van der Waals surface area contributed by atoms with E-state index in [0.29, 0.717) is 18.5 Å². The summed E-state index contributed by atoms with van der Waals surface area (Å²) in [4.78, 5) is 12.4. The number of alkyl halides is 3. The quantitative estimate of drug-likeness (QED) is 0.702. The highest BCUT2D eigenvalue weighted by Crippen LogP contribution is 2.29. The molecule has 3 aromatic rings. The molecule has 4 nitrogen and oxygen atoms in total. The molecule has 1 amide bonds. The van der Waals surface area contributed by atoms with Crippen molar-refractivity contribution in [3.63, 3.8) is 0 Å². The molecule has 0 aliphatic heterocycles. The largest absolute Gasteiger partial charge is 0.416 e. The molecule has 146 valence electrons. The molecule has 7 heteroatoms. The summed E-state index contributed by atoms with van der Waals surface area (Å²) in [6.07, 6.45) is -2.39. The van der Waals surface area contributed by atoms with Crippen molar-refractivity contribution in [3.8, 4) is 5.69 Å². The van der Waals surface area contributed by atoms with Crippen LogP contribution in [-0.4, -0.2) is 22.2 Å². The Bertz CT molecular complexity index is 975. The predicted octanol–water partition coefficient (Wildman–Crippen LogP) is 4.48. The maximum absolute atomic E-state index is 12.6. The number of carbonyl (C=O) groups excluding carboxylic acids is 1. The number of amides is 1. The van der Waals surface area contributed by atoms with Gasteiger partial charge >= 0.3 is 6.18 Å². The van der Waals surface area contributed by atoms with Gasteiger partial charge in [0, 0.05) is 6.54 Å². The van der Waals surface area contributed by atoms with Crippen LogP contribution in [0.5, 0.6) is 0 Å². The smallest absolute Gasteiger partial charge is 0.352 e. The van der Waals surface area contributed by atoms with Crippen LogP contribution >= 0.6 is 0 Å². The van der Waals surface area contributed by atoms with Gasteiger partial charge in [0.15, 0.2) is 0 Å². The Morgan fingerprint density at radius 3 is 2.46 bits per heavy atom. The van der Waals surface area contributed by atoms with Crippen LogP contribution in [0.25, 0.3) is 5.69 Å². The first-order valence-corrected chi connectivity index (χ1v) is 8.81. The van der Waals surface area contributed by atoms with Crippen LogP contribution in [0.1, 0.15) is 32.7 Å². The first-order valence-electron chi connectivity index (χ1n) is 8.81. The van der Waals surface area contributed by atoms with Crippen LogP contribution in [0.15, 0.2) is 54.7 Å². The number of hydrogen-bond acceptors (Lipinski definition) is 2. The van der Waals surface area contributed by atoms with Crippen molar-refractivity contribution >= 4 is 5.91 Å². The molecule has 2 aromatic carbocycles. The second-order valence-corrected chi connectivity index (χ2v) is 6.60. The third-order valence-electron chi connectivity index (χ3n) is 4.48. The molecule has 0 unspecified atom stereocenters. The lowest BCUT2D eigenvalue weighted by Crippen LogP contribution is -2.26. The number of benzene rings is 2. The summed E-state index contributed by atoms with van der Waals surface area (Å²) in [7, 11) is 0. The molecule has 0 saturated carbocycles. The zero-order valence-electron chi connectivity index (χ0n) is 15.5. The van der Waals surface area contributed by atoms with Gasteiger partial charge in [0.2, 0.25) is 0 Å². The van der Waals surface area contributed by atoms with E-state index in [1.54, 1.807) is 4.68 Å². The summed E-state index contributed by atoms with van der Waals surface area (Å²) in [6.45, 7) is 4.12. The van der Waals surface area contributed by atoms with Crippen LogP contribution in [-0.2, 0) is 12.6 Å². The van der Waals surface area contributed by atoms with Gasteiger partial charge in [0.1, 0.15) is 0 Å². The molecule has 0 bridgehead atoms. The Morgan fingerprint density at radius 1 is 1.11 bits per heavy atom. The third-order valence-corrected chi connectivity index (χ3v) is 4.48. The van der Waals surface area contributed by atoms with Gasteiger partial charge in [-0.15, -0.1) is 0 Å². The molecule has 0 saturated heterocycles. The van der Waals surface area contributed by atoms with Gasteiger partial charge in [-0.1, -0.05) is 24.3 Å². The van der Waals surface area contributed by atoms with E-state index in [2.05, 4.69) is 10.4 Å². The van der Waals surface area contributed by atoms with Crippen molar-refractivity contribution in [2.75, 3.05) is 6.54 Å². The second kappa shape index (κ2) is 7.88. The van der Waals surface area contributed by atoms with Gasteiger partial charge in [0.25, 0.3) is 5.91 Å². The monoisotopic (exact) mass is 387 g/mol. The molecule has 0 aliphatic carbocycles. The molecule has 0 fully saturated rings. The van der Waals surface area contributed by atoms with E-state index in [1.165, 1.54) is 18.3 Å². The summed E-state index contributed by atoms with van der Waals surface area (Å²) in [6, 6.07) is 12.8. The average Bonchev–Trinajstić information content (AvgIpc) is 3.03. The Kier molecular flexibility index (Phi) is 5.53. The van der Waals surface area contributed by atoms with E-state index < -0.39 is 11.7 Å². The molecular weight excluding hydrogens is 367 g/mol. The van der Waals surface area contributed by atoms with Crippen molar-refractivity contribution in [1.29, 1.82) is 0 Å². The fourth-order valence-electron chi connectivity index (χ4n) is 2.93. The van der Waals surface area contributed by atoms with E-state index in [-0.39, 0.29) is 5.91 Å². The molecule has 0 atom stereocenters. The molecule has 0 radical (unpaired) electrons. The van der Waals surface area contributed by atoms with Gasteiger partial charge in [-0.3, -0.25) is 4.79 Å². The number of carbonyl (C=O) groups is 1. The Labute approximate surface area is 161 Å². The first kappa shape index (κ1) is 19.7. The van der Waals surface area contributed by atoms with Crippen LogP contribution < -0.4 is 5.32 Å². The maximum Gasteiger partial charge on any atom is 0.416 e.